The molecule has 0 heterocycles. The summed E-state index contributed by atoms with van der Waals surface area (Å²) in [5.41, 5.74) is 0.519. The molecular formula is C16H9Cl2FN2O. The van der Waals surface area contributed by atoms with Crippen LogP contribution in [0, 0.1) is 17.1 Å². The molecule has 0 radical (unpaired) electrons. The second-order valence-corrected chi connectivity index (χ2v) is 5.15. The lowest BCUT2D eigenvalue weighted by Crippen LogP contribution is -2.13. The maximum Gasteiger partial charge on any atom is 0.266 e. The van der Waals surface area contributed by atoms with Crippen LogP contribution in [0.4, 0.5) is 10.1 Å². The van der Waals surface area contributed by atoms with Crippen molar-refractivity contribution in [3.63, 3.8) is 0 Å². The van der Waals surface area contributed by atoms with Crippen molar-refractivity contribution in [3.8, 4) is 6.07 Å². The molecule has 0 aliphatic heterocycles. The van der Waals surface area contributed by atoms with Gasteiger partial charge in [0.05, 0.1) is 10.7 Å². The highest BCUT2D eigenvalue weighted by Crippen LogP contribution is 2.26. The lowest BCUT2D eigenvalue weighted by molar-refractivity contribution is -0.112. The van der Waals surface area contributed by atoms with Crippen molar-refractivity contribution in [1.29, 1.82) is 5.26 Å². The van der Waals surface area contributed by atoms with Crippen molar-refractivity contribution >= 4 is 40.9 Å². The maximum absolute atomic E-state index is 13.1. The van der Waals surface area contributed by atoms with Gasteiger partial charge in [0, 0.05) is 5.02 Å². The summed E-state index contributed by atoms with van der Waals surface area (Å²) in [7, 11) is 0. The maximum atomic E-state index is 13.1. The summed E-state index contributed by atoms with van der Waals surface area (Å²) >= 11 is 11.8. The SMILES string of the molecule is N#CC(=Cc1cccc(F)c1)C(=O)Nc1cc(Cl)ccc1Cl. The monoisotopic (exact) mass is 334 g/mol. The Labute approximate surface area is 136 Å². The van der Waals surface area contributed by atoms with Crippen LogP contribution in [0.3, 0.4) is 0 Å². The number of benzene rings is 2. The number of anilines is 1. The fraction of sp³-hybridized carbons (Fsp3) is 0. The van der Waals surface area contributed by atoms with E-state index in [1.54, 1.807) is 18.2 Å². The van der Waals surface area contributed by atoms with Crippen molar-refractivity contribution in [3.05, 3.63) is 69.5 Å². The summed E-state index contributed by atoms with van der Waals surface area (Å²) < 4.78 is 13.1. The number of nitriles is 1. The van der Waals surface area contributed by atoms with Gasteiger partial charge >= 0.3 is 0 Å². The molecule has 2 aromatic rings. The first kappa shape index (κ1) is 16.0. The molecule has 0 saturated heterocycles. The molecule has 22 heavy (non-hydrogen) atoms. The molecule has 1 N–H and O–H groups in total. The van der Waals surface area contributed by atoms with Gasteiger partial charge in [0.1, 0.15) is 17.5 Å². The van der Waals surface area contributed by atoms with E-state index >= 15 is 0 Å². The van der Waals surface area contributed by atoms with Crippen LogP contribution in [-0.2, 0) is 4.79 Å². The smallest absolute Gasteiger partial charge is 0.266 e. The van der Waals surface area contributed by atoms with Crippen LogP contribution in [-0.4, -0.2) is 5.91 Å². The minimum absolute atomic E-state index is 0.179. The van der Waals surface area contributed by atoms with E-state index in [1.807, 2.05) is 0 Å². The van der Waals surface area contributed by atoms with Crippen LogP contribution in [0.15, 0.2) is 48.0 Å². The van der Waals surface area contributed by atoms with Crippen LogP contribution in [0.2, 0.25) is 10.0 Å². The van der Waals surface area contributed by atoms with Gasteiger partial charge in [-0.15, -0.1) is 0 Å². The van der Waals surface area contributed by atoms with E-state index in [1.165, 1.54) is 36.4 Å². The molecule has 110 valence electrons. The summed E-state index contributed by atoms with van der Waals surface area (Å²) in [6.45, 7) is 0. The van der Waals surface area contributed by atoms with E-state index < -0.39 is 11.7 Å². The molecule has 0 saturated carbocycles. The van der Waals surface area contributed by atoms with Crippen LogP contribution in [0.1, 0.15) is 5.56 Å². The van der Waals surface area contributed by atoms with Gasteiger partial charge in [-0.05, 0) is 42.0 Å². The molecule has 0 unspecified atom stereocenters. The molecule has 1 amide bonds. The number of hydrogen-bond acceptors (Lipinski definition) is 2. The Morgan fingerprint density at radius 1 is 1.23 bits per heavy atom. The summed E-state index contributed by atoms with van der Waals surface area (Å²) in [5.74, 6) is -1.11. The molecule has 0 aliphatic rings. The third-order valence-corrected chi connectivity index (χ3v) is 3.27. The van der Waals surface area contributed by atoms with Gasteiger partial charge in [-0.2, -0.15) is 5.26 Å². The summed E-state index contributed by atoms with van der Waals surface area (Å²) in [6, 6.07) is 11.9. The first-order valence-corrected chi connectivity index (χ1v) is 6.89. The highest BCUT2D eigenvalue weighted by molar-refractivity contribution is 6.36. The summed E-state index contributed by atoms with van der Waals surface area (Å²) in [5, 5.41) is 12.3. The molecule has 0 aromatic heterocycles. The topological polar surface area (TPSA) is 52.9 Å². The highest BCUT2D eigenvalue weighted by Gasteiger charge is 2.12. The Hall–Kier alpha value is -2.35. The molecule has 0 spiro atoms. The molecule has 6 heteroatoms. The van der Waals surface area contributed by atoms with E-state index in [4.69, 9.17) is 28.5 Å². The molecule has 0 bridgehead atoms. The van der Waals surface area contributed by atoms with E-state index in [0.717, 1.165) is 0 Å². The van der Waals surface area contributed by atoms with Crippen LogP contribution < -0.4 is 5.32 Å². The fourth-order valence-corrected chi connectivity index (χ4v) is 2.03. The Morgan fingerprint density at radius 2 is 2.00 bits per heavy atom. The summed E-state index contributed by atoms with van der Waals surface area (Å²) in [6.07, 6.45) is 1.29. The molecule has 0 aliphatic carbocycles. The van der Waals surface area contributed by atoms with E-state index in [0.29, 0.717) is 21.3 Å². The van der Waals surface area contributed by atoms with Crippen LogP contribution >= 0.6 is 23.2 Å². The zero-order valence-corrected chi connectivity index (χ0v) is 12.6. The third kappa shape index (κ3) is 4.08. The van der Waals surface area contributed by atoms with Gasteiger partial charge in [-0.3, -0.25) is 4.79 Å². The van der Waals surface area contributed by atoms with Crippen LogP contribution in [0.25, 0.3) is 6.08 Å². The molecule has 3 nitrogen and oxygen atoms in total. The Kier molecular flexibility index (Phi) is 5.16. The number of carbonyl (C=O) groups is 1. The van der Waals surface area contributed by atoms with Gasteiger partial charge in [0.15, 0.2) is 0 Å². The van der Waals surface area contributed by atoms with Crippen molar-refractivity contribution < 1.29 is 9.18 Å². The minimum Gasteiger partial charge on any atom is -0.320 e. The normalized spacial score (nSPS) is 10.9. The number of hydrogen-bond donors (Lipinski definition) is 1. The largest absolute Gasteiger partial charge is 0.320 e. The number of nitrogens with one attached hydrogen (secondary N) is 1. The Balaban J connectivity index is 2.26. The Morgan fingerprint density at radius 3 is 2.68 bits per heavy atom. The zero-order chi connectivity index (χ0) is 16.1. The molecule has 0 atom stereocenters. The van der Waals surface area contributed by atoms with Crippen molar-refractivity contribution in [2.45, 2.75) is 0 Å². The Bertz CT molecular complexity index is 797. The van der Waals surface area contributed by atoms with Crippen LogP contribution in [0.5, 0.6) is 0 Å². The second-order valence-electron chi connectivity index (χ2n) is 4.30. The van der Waals surface area contributed by atoms with E-state index in [9.17, 15) is 9.18 Å². The number of halogens is 3. The van der Waals surface area contributed by atoms with Gasteiger partial charge in [0.2, 0.25) is 0 Å². The van der Waals surface area contributed by atoms with Gasteiger partial charge < -0.3 is 5.32 Å². The number of amides is 1. The highest BCUT2D eigenvalue weighted by atomic mass is 35.5. The fourth-order valence-electron chi connectivity index (χ4n) is 1.69. The number of carbonyl (C=O) groups excluding carboxylic acids is 1. The molecule has 2 rings (SSSR count). The molecule has 2 aromatic carbocycles. The van der Waals surface area contributed by atoms with Gasteiger partial charge in [0.25, 0.3) is 5.91 Å². The first-order chi connectivity index (χ1) is 10.5. The average molecular weight is 335 g/mol. The zero-order valence-electron chi connectivity index (χ0n) is 11.1. The lowest BCUT2D eigenvalue weighted by atomic mass is 10.1. The van der Waals surface area contributed by atoms with Gasteiger partial charge in [-0.1, -0.05) is 35.3 Å². The standard InChI is InChI=1S/C16H9Cl2FN2O/c17-12-4-5-14(18)15(8-12)21-16(22)11(9-20)6-10-2-1-3-13(19)7-10/h1-8H,(H,21,22). The predicted molar refractivity (Wildman–Crippen MR) is 85.1 cm³/mol. The number of nitrogens with zero attached hydrogens (tertiary/aromatic N) is 1. The lowest BCUT2D eigenvalue weighted by Gasteiger charge is -2.07. The minimum atomic E-state index is -0.657. The third-order valence-electron chi connectivity index (χ3n) is 2.70. The van der Waals surface area contributed by atoms with E-state index in [-0.39, 0.29) is 5.57 Å². The predicted octanol–water partition coefficient (Wildman–Crippen LogP) is 4.68. The van der Waals surface area contributed by atoms with Gasteiger partial charge in [-0.25, -0.2) is 4.39 Å². The summed E-state index contributed by atoms with van der Waals surface area (Å²) in [4.78, 5) is 12.1. The number of rotatable bonds is 3. The quantitative estimate of drug-likeness (QED) is 0.654. The van der Waals surface area contributed by atoms with Crippen molar-refractivity contribution in [2.75, 3.05) is 5.32 Å². The average Bonchev–Trinajstić information content (AvgIpc) is 2.48. The van der Waals surface area contributed by atoms with Crippen molar-refractivity contribution in [2.24, 2.45) is 0 Å². The second kappa shape index (κ2) is 7.08. The van der Waals surface area contributed by atoms with E-state index in [2.05, 4.69) is 5.32 Å². The molecular weight excluding hydrogens is 326 g/mol. The first-order valence-electron chi connectivity index (χ1n) is 6.13. The molecule has 0 fully saturated rings. The van der Waals surface area contributed by atoms with Crippen molar-refractivity contribution in [1.82, 2.24) is 0 Å².